The summed E-state index contributed by atoms with van der Waals surface area (Å²) < 4.78 is 7.13. The molecule has 0 aliphatic rings. The number of carbonyl (C=O) groups is 1. The predicted octanol–water partition coefficient (Wildman–Crippen LogP) is 3.31. The maximum Gasteiger partial charge on any atom is 0.227 e. The van der Waals surface area contributed by atoms with Crippen molar-refractivity contribution in [3.63, 3.8) is 0 Å². The van der Waals surface area contributed by atoms with Gasteiger partial charge in [0, 0.05) is 6.20 Å². The SMILES string of the molecule is COc1ccc2cc([C@H](C)C(=O)NCc3nnc4ccccn34)ccc2c1. The number of hydrogen-bond donors (Lipinski definition) is 1. The van der Waals surface area contributed by atoms with E-state index in [1.165, 1.54) is 0 Å². The van der Waals surface area contributed by atoms with Crippen LogP contribution in [0.15, 0.2) is 60.8 Å². The highest BCUT2D eigenvalue weighted by atomic mass is 16.5. The fourth-order valence-electron chi connectivity index (χ4n) is 3.12. The number of carbonyl (C=O) groups excluding carboxylic acids is 1. The van der Waals surface area contributed by atoms with Gasteiger partial charge in [-0.3, -0.25) is 9.20 Å². The Bertz CT molecular complexity index is 1120. The molecule has 136 valence electrons. The summed E-state index contributed by atoms with van der Waals surface area (Å²) in [5, 5.41) is 13.4. The molecule has 0 saturated heterocycles. The fraction of sp³-hybridized carbons (Fsp3) is 0.190. The van der Waals surface area contributed by atoms with Crippen LogP contribution in [0.2, 0.25) is 0 Å². The number of ether oxygens (including phenoxy) is 1. The Morgan fingerprint density at radius 1 is 1.11 bits per heavy atom. The van der Waals surface area contributed by atoms with Gasteiger partial charge >= 0.3 is 0 Å². The Labute approximate surface area is 156 Å². The molecular formula is C21H20N4O2. The van der Waals surface area contributed by atoms with Crippen molar-refractivity contribution in [2.24, 2.45) is 0 Å². The van der Waals surface area contributed by atoms with Crippen molar-refractivity contribution in [3.05, 3.63) is 72.2 Å². The highest BCUT2D eigenvalue weighted by Crippen LogP contribution is 2.25. The number of hydrogen-bond acceptors (Lipinski definition) is 4. The second-order valence-electron chi connectivity index (χ2n) is 6.46. The van der Waals surface area contributed by atoms with Gasteiger partial charge in [-0.25, -0.2) is 0 Å². The molecule has 1 atom stereocenters. The predicted molar refractivity (Wildman–Crippen MR) is 104 cm³/mol. The van der Waals surface area contributed by atoms with E-state index < -0.39 is 0 Å². The van der Waals surface area contributed by atoms with Gasteiger partial charge in [-0.15, -0.1) is 10.2 Å². The first-order valence-electron chi connectivity index (χ1n) is 8.80. The second kappa shape index (κ2) is 7.07. The molecule has 2 aromatic heterocycles. The molecule has 0 aliphatic heterocycles. The number of pyridine rings is 1. The van der Waals surface area contributed by atoms with Crippen molar-refractivity contribution in [2.75, 3.05) is 7.11 Å². The maximum atomic E-state index is 12.6. The normalized spacial score (nSPS) is 12.2. The first-order chi connectivity index (χ1) is 13.2. The average Bonchev–Trinajstić information content (AvgIpc) is 3.13. The lowest BCUT2D eigenvalue weighted by Crippen LogP contribution is -2.28. The third-order valence-corrected chi connectivity index (χ3v) is 4.77. The monoisotopic (exact) mass is 360 g/mol. The maximum absolute atomic E-state index is 12.6. The molecule has 0 radical (unpaired) electrons. The van der Waals surface area contributed by atoms with Crippen molar-refractivity contribution >= 4 is 22.3 Å². The molecule has 0 fully saturated rings. The van der Waals surface area contributed by atoms with Crippen LogP contribution >= 0.6 is 0 Å². The number of nitrogens with zero attached hydrogens (tertiary/aromatic N) is 3. The highest BCUT2D eigenvalue weighted by molar-refractivity contribution is 5.88. The van der Waals surface area contributed by atoms with Crippen molar-refractivity contribution in [3.8, 4) is 5.75 Å². The van der Waals surface area contributed by atoms with Gasteiger partial charge in [0.15, 0.2) is 11.5 Å². The van der Waals surface area contributed by atoms with Gasteiger partial charge in [0.1, 0.15) is 5.75 Å². The van der Waals surface area contributed by atoms with Gasteiger partial charge < -0.3 is 10.1 Å². The largest absolute Gasteiger partial charge is 0.497 e. The number of aromatic nitrogens is 3. The summed E-state index contributed by atoms with van der Waals surface area (Å²) in [7, 11) is 1.65. The van der Waals surface area contributed by atoms with Crippen molar-refractivity contribution in [1.82, 2.24) is 19.9 Å². The lowest BCUT2D eigenvalue weighted by Gasteiger charge is -2.13. The molecule has 0 unspecified atom stereocenters. The number of nitrogens with one attached hydrogen (secondary N) is 1. The number of fused-ring (bicyclic) bond motifs is 2. The average molecular weight is 360 g/mol. The zero-order valence-electron chi connectivity index (χ0n) is 15.2. The second-order valence-corrected chi connectivity index (χ2v) is 6.46. The third-order valence-electron chi connectivity index (χ3n) is 4.77. The van der Waals surface area contributed by atoms with Crippen molar-refractivity contribution < 1.29 is 9.53 Å². The molecule has 2 heterocycles. The van der Waals surface area contributed by atoms with Gasteiger partial charge in [0.05, 0.1) is 19.6 Å². The van der Waals surface area contributed by atoms with E-state index >= 15 is 0 Å². The molecule has 27 heavy (non-hydrogen) atoms. The van der Waals surface area contributed by atoms with Crippen molar-refractivity contribution in [2.45, 2.75) is 19.4 Å². The van der Waals surface area contributed by atoms with Crippen LogP contribution in [0.4, 0.5) is 0 Å². The molecule has 2 aromatic carbocycles. The van der Waals surface area contributed by atoms with Crippen LogP contribution in [0.5, 0.6) is 5.75 Å². The van der Waals surface area contributed by atoms with Gasteiger partial charge in [-0.1, -0.05) is 30.3 Å². The summed E-state index contributed by atoms with van der Waals surface area (Å²) in [6.07, 6.45) is 1.89. The fourth-order valence-corrected chi connectivity index (χ4v) is 3.12. The standard InChI is InChI=1S/C21H20N4O2/c1-14(15-6-7-17-12-18(27-2)9-8-16(17)11-15)21(26)22-13-20-24-23-19-5-3-4-10-25(19)20/h3-12,14H,13H2,1-2H3,(H,22,26)/t14-/m0/s1. The van der Waals surface area contributed by atoms with E-state index in [1.807, 2.05) is 72.1 Å². The molecule has 1 N–H and O–H groups in total. The molecule has 6 nitrogen and oxygen atoms in total. The van der Waals surface area contributed by atoms with Crippen molar-refractivity contribution in [1.29, 1.82) is 0 Å². The summed E-state index contributed by atoms with van der Waals surface area (Å²) in [5.74, 6) is 1.21. The van der Waals surface area contributed by atoms with E-state index in [0.29, 0.717) is 12.4 Å². The van der Waals surface area contributed by atoms with Crippen LogP contribution in [-0.4, -0.2) is 27.6 Å². The van der Waals surface area contributed by atoms with E-state index in [9.17, 15) is 4.79 Å². The number of rotatable bonds is 5. The summed E-state index contributed by atoms with van der Waals surface area (Å²) in [5.41, 5.74) is 1.73. The summed E-state index contributed by atoms with van der Waals surface area (Å²) in [6, 6.07) is 17.7. The molecule has 4 aromatic rings. The van der Waals surface area contributed by atoms with E-state index in [4.69, 9.17) is 4.74 Å². The first kappa shape index (κ1) is 17.0. The van der Waals surface area contributed by atoms with Gasteiger partial charge in [0.25, 0.3) is 0 Å². The molecule has 4 rings (SSSR count). The molecule has 1 amide bonds. The van der Waals surface area contributed by atoms with E-state index in [1.54, 1.807) is 7.11 Å². The lowest BCUT2D eigenvalue weighted by molar-refractivity contribution is -0.122. The highest BCUT2D eigenvalue weighted by Gasteiger charge is 2.16. The molecule has 6 heteroatoms. The first-order valence-corrected chi connectivity index (χ1v) is 8.80. The summed E-state index contributed by atoms with van der Waals surface area (Å²) >= 11 is 0. The van der Waals surface area contributed by atoms with E-state index in [2.05, 4.69) is 15.5 Å². The quantitative estimate of drug-likeness (QED) is 0.593. The molecule has 0 aliphatic carbocycles. The van der Waals surface area contributed by atoms with Crippen LogP contribution in [0.25, 0.3) is 16.4 Å². The topological polar surface area (TPSA) is 68.5 Å². The minimum Gasteiger partial charge on any atom is -0.497 e. The van der Waals surface area contributed by atoms with E-state index in [0.717, 1.165) is 27.7 Å². The van der Waals surface area contributed by atoms with Gasteiger partial charge in [-0.2, -0.15) is 0 Å². The number of methoxy groups -OCH3 is 1. The number of amides is 1. The lowest BCUT2D eigenvalue weighted by atomic mass is 9.97. The Morgan fingerprint density at radius 2 is 1.93 bits per heavy atom. The molecular weight excluding hydrogens is 340 g/mol. The van der Waals surface area contributed by atoms with Gasteiger partial charge in [0.2, 0.25) is 5.91 Å². The van der Waals surface area contributed by atoms with Crippen LogP contribution in [-0.2, 0) is 11.3 Å². The zero-order chi connectivity index (χ0) is 18.8. The van der Waals surface area contributed by atoms with Crippen LogP contribution in [0.3, 0.4) is 0 Å². The Kier molecular flexibility index (Phi) is 4.46. The Balaban J connectivity index is 1.49. The molecule has 0 saturated carbocycles. The minimum atomic E-state index is -0.268. The minimum absolute atomic E-state index is 0.0458. The van der Waals surface area contributed by atoms with E-state index in [-0.39, 0.29) is 11.8 Å². The Morgan fingerprint density at radius 3 is 2.78 bits per heavy atom. The van der Waals surface area contributed by atoms with Crippen LogP contribution in [0, 0.1) is 0 Å². The summed E-state index contributed by atoms with van der Waals surface area (Å²) in [4.78, 5) is 12.6. The van der Waals surface area contributed by atoms with Crippen LogP contribution in [0.1, 0.15) is 24.2 Å². The third kappa shape index (κ3) is 3.33. The smallest absolute Gasteiger partial charge is 0.227 e. The number of benzene rings is 2. The van der Waals surface area contributed by atoms with Gasteiger partial charge in [-0.05, 0) is 47.5 Å². The van der Waals surface area contributed by atoms with Crippen LogP contribution < -0.4 is 10.1 Å². The molecule has 0 bridgehead atoms. The summed E-state index contributed by atoms with van der Waals surface area (Å²) in [6.45, 7) is 2.24. The molecule has 0 spiro atoms. The Hall–Kier alpha value is -3.41. The zero-order valence-corrected chi connectivity index (χ0v) is 15.2.